The van der Waals surface area contributed by atoms with Crippen LogP contribution in [0.5, 0.6) is 0 Å². The van der Waals surface area contributed by atoms with Gasteiger partial charge in [-0.25, -0.2) is 0 Å². The summed E-state index contributed by atoms with van der Waals surface area (Å²) in [6, 6.07) is 0. The van der Waals surface area contributed by atoms with Crippen molar-refractivity contribution in [2.75, 3.05) is 0 Å². The topological polar surface area (TPSA) is 0 Å². The maximum atomic E-state index is 2.73. The van der Waals surface area contributed by atoms with Crippen molar-refractivity contribution in [3.05, 3.63) is 12.2 Å². The van der Waals surface area contributed by atoms with Gasteiger partial charge in [-0.1, -0.05) is 45.8 Å². The van der Waals surface area contributed by atoms with E-state index in [0.717, 1.165) is 35.5 Å². The van der Waals surface area contributed by atoms with E-state index < -0.39 is 0 Å². The minimum Gasteiger partial charge on any atom is -0.0917 e. The maximum absolute atomic E-state index is 2.73. The molecule has 0 aromatic rings. The summed E-state index contributed by atoms with van der Waals surface area (Å²) in [5.74, 6) is 6.17. The van der Waals surface area contributed by atoms with Crippen molar-refractivity contribution in [2.24, 2.45) is 46.3 Å². The lowest BCUT2D eigenvalue weighted by Crippen LogP contribution is -2.53. The molecule has 0 nitrogen and oxygen atoms in total. The monoisotopic (exact) mass is 356 g/mol. The normalized spacial score (nSPS) is 49.5. The molecule has 4 fully saturated rings. The van der Waals surface area contributed by atoms with Crippen LogP contribution in [0.15, 0.2) is 12.2 Å². The molecular weight excluding hydrogens is 312 g/mol. The molecule has 8 atom stereocenters. The molecule has 0 heteroatoms. The van der Waals surface area contributed by atoms with Crippen LogP contribution in [0.25, 0.3) is 0 Å². The van der Waals surface area contributed by atoms with Crippen LogP contribution in [-0.4, -0.2) is 0 Å². The van der Waals surface area contributed by atoms with Crippen molar-refractivity contribution < 1.29 is 0 Å². The summed E-state index contributed by atoms with van der Waals surface area (Å²) in [7, 11) is 0. The molecule has 4 rings (SSSR count). The summed E-state index contributed by atoms with van der Waals surface area (Å²) in [4.78, 5) is 0. The predicted octanol–water partition coefficient (Wildman–Crippen LogP) is 8.03. The molecule has 0 aromatic heterocycles. The molecule has 0 amide bonds. The Morgan fingerprint density at radius 2 is 1.69 bits per heavy atom. The standard InChI is InChI=1S/C26H44/c1-5-6-7-10-19(2)22-14-15-23-21-13-12-20-11-8-9-17-25(20,3)24(21)16-18-26(22,23)4/h5-6,19-24H,7-18H2,1-4H3/b6-5-. The van der Waals surface area contributed by atoms with Crippen molar-refractivity contribution in [2.45, 2.75) is 105 Å². The van der Waals surface area contributed by atoms with E-state index in [1.54, 1.807) is 44.9 Å². The van der Waals surface area contributed by atoms with Gasteiger partial charge in [0.1, 0.15) is 0 Å². The minimum absolute atomic E-state index is 0.661. The molecular formula is C26H44. The van der Waals surface area contributed by atoms with Gasteiger partial charge in [0.05, 0.1) is 0 Å². The fourth-order valence-corrected chi connectivity index (χ4v) is 9.00. The molecule has 0 spiro atoms. The molecule has 4 aliphatic rings. The number of hydrogen-bond donors (Lipinski definition) is 0. The van der Waals surface area contributed by atoms with E-state index in [9.17, 15) is 0 Å². The molecule has 4 saturated carbocycles. The van der Waals surface area contributed by atoms with Gasteiger partial charge in [-0.3, -0.25) is 0 Å². The SMILES string of the molecule is C/C=C\CCC(C)C1CCC2C3CCC4CCCCC4(C)C3CCC12C. The van der Waals surface area contributed by atoms with Gasteiger partial charge in [-0.05, 0) is 117 Å². The van der Waals surface area contributed by atoms with E-state index in [0.29, 0.717) is 10.8 Å². The summed E-state index contributed by atoms with van der Waals surface area (Å²) in [5, 5.41) is 0. The van der Waals surface area contributed by atoms with E-state index in [2.05, 4.69) is 39.8 Å². The summed E-state index contributed by atoms with van der Waals surface area (Å²) in [6.07, 6.45) is 22.8. The number of rotatable bonds is 4. The number of fused-ring (bicyclic) bond motifs is 5. The van der Waals surface area contributed by atoms with Crippen LogP contribution in [0.2, 0.25) is 0 Å². The van der Waals surface area contributed by atoms with E-state index in [-0.39, 0.29) is 0 Å². The molecule has 0 saturated heterocycles. The lowest BCUT2D eigenvalue weighted by atomic mass is 9.44. The first-order valence-electron chi connectivity index (χ1n) is 12.1. The molecule has 26 heavy (non-hydrogen) atoms. The average Bonchev–Trinajstić information content (AvgIpc) is 2.98. The molecule has 0 aliphatic heterocycles. The Hall–Kier alpha value is -0.260. The van der Waals surface area contributed by atoms with Crippen molar-refractivity contribution in [3.8, 4) is 0 Å². The van der Waals surface area contributed by atoms with Crippen molar-refractivity contribution in [1.29, 1.82) is 0 Å². The first-order valence-corrected chi connectivity index (χ1v) is 12.1. The zero-order chi connectivity index (χ0) is 18.4. The quantitative estimate of drug-likeness (QED) is 0.447. The third-order valence-electron chi connectivity index (χ3n) is 10.4. The van der Waals surface area contributed by atoms with Gasteiger partial charge < -0.3 is 0 Å². The molecule has 4 aliphatic carbocycles. The fraction of sp³-hybridized carbons (Fsp3) is 0.923. The summed E-state index contributed by atoms with van der Waals surface area (Å²) in [5.41, 5.74) is 1.37. The van der Waals surface area contributed by atoms with Gasteiger partial charge in [-0.2, -0.15) is 0 Å². The molecule has 8 unspecified atom stereocenters. The number of allylic oxidation sites excluding steroid dienone is 2. The first-order chi connectivity index (χ1) is 12.5. The van der Waals surface area contributed by atoms with Gasteiger partial charge in [0.25, 0.3) is 0 Å². The molecule has 0 heterocycles. The van der Waals surface area contributed by atoms with Crippen LogP contribution >= 0.6 is 0 Å². The first kappa shape index (κ1) is 19.1. The van der Waals surface area contributed by atoms with E-state index in [4.69, 9.17) is 0 Å². The summed E-state index contributed by atoms with van der Waals surface area (Å²) >= 11 is 0. The Morgan fingerprint density at radius 1 is 0.885 bits per heavy atom. The zero-order valence-electron chi connectivity index (χ0n) is 18.1. The van der Waals surface area contributed by atoms with Crippen LogP contribution in [-0.2, 0) is 0 Å². The molecule has 0 bridgehead atoms. The van der Waals surface area contributed by atoms with Crippen LogP contribution < -0.4 is 0 Å². The Balaban J connectivity index is 1.51. The molecule has 148 valence electrons. The van der Waals surface area contributed by atoms with E-state index >= 15 is 0 Å². The van der Waals surface area contributed by atoms with Crippen molar-refractivity contribution in [1.82, 2.24) is 0 Å². The molecule has 0 radical (unpaired) electrons. The van der Waals surface area contributed by atoms with Gasteiger partial charge in [0.15, 0.2) is 0 Å². The van der Waals surface area contributed by atoms with Gasteiger partial charge in [0, 0.05) is 0 Å². The predicted molar refractivity (Wildman–Crippen MR) is 113 cm³/mol. The second-order valence-electron chi connectivity index (χ2n) is 11.3. The lowest BCUT2D eigenvalue weighted by molar-refractivity contribution is -0.114. The van der Waals surface area contributed by atoms with Crippen LogP contribution in [0.4, 0.5) is 0 Å². The van der Waals surface area contributed by atoms with Crippen molar-refractivity contribution in [3.63, 3.8) is 0 Å². The highest BCUT2D eigenvalue weighted by Crippen LogP contribution is 2.68. The highest BCUT2D eigenvalue weighted by molar-refractivity contribution is 5.09. The van der Waals surface area contributed by atoms with Crippen LogP contribution in [0.3, 0.4) is 0 Å². The highest BCUT2D eigenvalue weighted by Gasteiger charge is 2.59. The van der Waals surface area contributed by atoms with Gasteiger partial charge in [0.2, 0.25) is 0 Å². The molecule has 0 N–H and O–H groups in total. The maximum Gasteiger partial charge on any atom is -0.0264 e. The average molecular weight is 357 g/mol. The Kier molecular flexibility index (Phi) is 5.35. The smallest absolute Gasteiger partial charge is 0.0264 e. The summed E-state index contributed by atoms with van der Waals surface area (Å²) in [6.45, 7) is 10.2. The zero-order valence-corrected chi connectivity index (χ0v) is 18.1. The summed E-state index contributed by atoms with van der Waals surface area (Å²) < 4.78 is 0. The third kappa shape index (κ3) is 2.93. The van der Waals surface area contributed by atoms with Gasteiger partial charge in [-0.15, -0.1) is 0 Å². The second kappa shape index (κ2) is 7.29. The lowest BCUT2D eigenvalue weighted by Gasteiger charge is -2.61. The van der Waals surface area contributed by atoms with Crippen molar-refractivity contribution >= 4 is 0 Å². The second-order valence-corrected chi connectivity index (χ2v) is 11.3. The van der Waals surface area contributed by atoms with Gasteiger partial charge >= 0.3 is 0 Å². The third-order valence-corrected chi connectivity index (χ3v) is 10.4. The van der Waals surface area contributed by atoms with Crippen LogP contribution in [0, 0.1) is 46.3 Å². The Bertz CT molecular complexity index is 518. The van der Waals surface area contributed by atoms with Crippen LogP contribution in [0.1, 0.15) is 105 Å². The Morgan fingerprint density at radius 3 is 2.50 bits per heavy atom. The minimum atomic E-state index is 0.661. The fourth-order valence-electron chi connectivity index (χ4n) is 9.00. The highest BCUT2D eigenvalue weighted by atomic mass is 14.6. The largest absolute Gasteiger partial charge is 0.0917 e. The number of hydrogen-bond acceptors (Lipinski definition) is 0. The molecule has 0 aromatic carbocycles. The Labute approximate surface area is 163 Å². The van der Waals surface area contributed by atoms with E-state index in [1.807, 2.05) is 0 Å². The van der Waals surface area contributed by atoms with E-state index in [1.165, 1.54) is 32.1 Å².